The molecular formula is C11H23NOSSi. The predicted octanol–water partition coefficient (Wildman–Crippen LogP) is 4.00. The van der Waals surface area contributed by atoms with Crippen molar-refractivity contribution in [3.8, 4) is 5.40 Å². The van der Waals surface area contributed by atoms with Crippen LogP contribution in [-0.2, 0) is 4.43 Å². The average Bonchev–Trinajstić information content (AvgIpc) is 2.08. The summed E-state index contributed by atoms with van der Waals surface area (Å²) in [5, 5.41) is 10.5. The Bertz CT molecular complexity index is 201. The van der Waals surface area contributed by atoms with E-state index in [9.17, 15) is 0 Å². The fourth-order valence-corrected chi connectivity index (χ4v) is 4.58. The molecule has 2 nitrogen and oxygen atoms in total. The zero-order valence-corrected chi connectivity index (χ0v) is 12.2. The van der Waals surface area contributed by atoms with Crippen molar-refractivity contribution in [1.82, 2.24) is 0 Å². The third kappa shape index (κ3) is 10.3. The minimum Gasteiger partial charge on any atom is -0.415 e. The highest BCUT2D eigenvalue weighted by molar-refractivity contribution is 8.03. The topological polar surface area (TPSA) is 33.0 Å². The molecule has 0 fully saturated rings. The van der Waals surface area contributed by atoms with Gasteiger partial charge in [0.15, 0.2) is 8.32 Å². The molecule has 0 aromatic carbocycles. The van der Waals surface area contributed by atoms with Crippen molar-refractivity contribution in [2.45, 2.75) is 58.4 Å². The zero-order chi connectivity index (χ0) is 11.7. The van der Waals surface area contributed by atoms with Crippen LogP contribution in [0.3, 0.4) is 0 Å². The number of thiocyanates is 1. The van der Waals surface area contributed by atoms with Crippen LogP contribution < -0.4 is 0 Å². The molecule has 0 aromatic heterocycles. The number of nitrogens with zero attached hydrogens (tertiary/aromatic N) is 1. The molecule has 0 heterocycles. The second-order valence-corrected chi connectivity index (χ2v) is 9.81. The normalized spacial score (nSPS) is 11.7. The quantitative estimate of drug-likeness (QED) is 0.368. The lowest BCUT2D eigenvalue weighted by Gasteiger charge is -2.25. The summed E-state index contributed by atoms with van der Waals surface area (Å²) in [4.78, 5) is 0. The second kappa shape index (κ2) is 8.20. The molecule has 88 valence electrons. The van der Waals surface area contributed by atoms with Crippen LogP contribution in [-0.4, -0.2) is 20.2 Å². The van der Waals surface area contributed by atoms with Crippen LogP contribution in [0, 0.1) is 10.7 Å². The molecule has 0 aliphatic carbocycles. The van der Waals surface area contributed by atoms with Crippen LogP contribution in [0.5, 0.6) is 0 Å². The molecule has 0 amide bonds. The minimum atomic E-state index is -1.41. The largest absolute Gasteiger partial charge is 0.415 e. The number of nitriles is 1. The van der Waals surface area contributed by atoms with E-state index in [1.54, 1.807) is 0 Å². The Morgan fingerprint density at radius 1 is 1.27 bits per heavy atom. The smallest absolute Gasteiger partial charge is 0.187 e. The molecule has 0 bridgehead atoms. The average molecular weight is 245 g/mol. The Labute approximate surface area is 99.5 Å². The third-order valence-electron chi connectivity index (χ3n) is 2.14. The zero-order valence-electron chi connectivity index (χ0n) is 10.4. The maximum absolute atomic E-state index is 8.35. The van der Waals surface area contributed by atoms with Crippen LogP contribution in [0.4, 0.5) is 0 Å². The van der Waals surface area contributed by atoms with Gasteiger partial charge in [-0.3, -0.25) is 0 Å². The molecule has 0 aliphatic rings. The summed E-state index contributed by atoms with van der Waals surface area (Å²) in [5.74, 6) is 0.976. The number of unbranched alkanes of at least 4 members (excludes halogenated alkanes) is 2. The highest BCUT2D eigenvalue weighted by Crippen LogP contribution is 2.18. The molecule has 0 rings (SSSR count). The van der Waals surface area contributed by atoms with Crippen molar-refractivity contribution in [2.75, 3.05) is 5.75 Å². The van der Waals surface area contributed by atoms with E-state index >= 15 is 0 Å². The summed E-state index contributed by atoms with van der Waals surface area (Å²) in [6.07, 6.45) is 4.00. The Morgan fingerprint density at radius 3 is 2.47 bits per heavy atom. The Balaban J connectivity index is 3.45. The maximum Gasteiger partial charge on any atom is 0.187 e. The summed E-state index contributed by atoms with van der Waals surface area (Å²) in [6.45, 7) is 8.80. The summed E-state index contributed by atoms with van der Waals surface area (Å²) in [7, 11) is -1.41. The molecule has 0 saturated carbocycles. The molecule has 0 radical (unpaired) electrons. The molecule has 0 saturated heterocycles. The van der Waals surface area contributed by atoms with Crippen molar-refractivity contribution in [3.05, 3.63) is 0 Å². The van der Waals surface area contributed by atoms with Gasteiger partial charge < -0.3 is 4.43 Å². The monoisotopic (exact) mass is 245 g/mol. The van der Waals surface area contributed by atoms with Gasteiger partial charge in [0, 0.05) is 11.9 Å². The van der Waals surface area contributed by atoms with Gasteiger partial charge in [-0.15, -0.1) is 0 Å². The van der Waals surface area contributed by atoms with E-state index in [2.05, 4.69) is 32.3 Å². The first kappa shape index (κ1) is 15.0. The van der Waals surface area contributed by atoms with Gasteiger partial charge in [0.05, 0.1) is 0 Å². The standard InChI is InChI=1S/C11H23NOSSi/c1-11(2)13-15(3,4)9-7-5-6-8-14-10-12/h11H,5-9H2,1-4H3. The second-order valence-electron chi connectivity index (χ2n) is 4.68. The first-order valence-corrected chi connectivity index (χ1v) is 9.77. The van der Waals surface area contributed by atoms with Crippen LogP contribution >= 0.6 is 11.8 Å². The predicted molar refractivity (Wildman–Crippen MR) is 70.4 cm³/mol. The van der Waals surface area contributed by atoms with Crippen LogP contribution in [0.15, 0.2) is 0 Å². The highest BCUT2D eigenvalue weighted by atomic mass is 32.2. The van der Waals surface area contributed by atoms with Crippen molar-refractivity contribution in [3.63, 3.8) is 0 Å². The van der Waals surface area contributed by atoms with Crippen LogP contribution in [0.1, 0.15) is 33.1 Å². The summed E-state index contributed by atoms with van der Waals surface area (Å²) >= 11 is 1.36. The Hall–Kier alpha value is 0.0169. The SMILES string of the molecule is CC(C)O[Si](C)(C)CCCCCSC#N. The third-order valence-corrected chi connectivity index (χ3v) is 5.43. The number of rotatable bonds is 8. The maximum atomic E-state index is 8.35. The van der Waals surface area contributed by atoms with E-state index < -0.39 is 8.32 Å². The first-order valence-electron chi connectivity index (χ1n) is 5.66. The molecule has 0 unspecified atom stereocenters. The van der Waals surface area contributed by atoms with Gasteiger partial charge in [-0.1, -0.05) is 12.8 Å². The van der Waals surface area contributed by atoms with Crippen molar-refractivity contribution >= 4 is 20.1 Å². The van der Waals surface area contributed by atoms with Gasteiger partial charge in [0.25, 0.3) is 0 Å². The van der Waals surface area contributed by atoms with Gasteiger partial charge in [-0.2, -0.15) is 5.26 Å². The molecule has 0 spiro atoms. The lowest BCUT2D eigenvalue weighted by Crippen LogP contribution is -2.33. The van der Waals surface area contributed by atoms with E-state index in [1.165, 1.54) is 30.6 Å². The minimum absolute atomic E-state index is 0.362. The van der Waals surface area contributed by atoms with Gasteiger partial charge >= 0.3 is 0 Å². The van der Waals surface area contributed by atoms with Crippen LogP contribution in [0.25, 0.3) is 0 Å². The number of hydrogen-bond donors (Lipinski definition) is 0. The lowest BCUT2D eigenvalue weighted by molar-refractivity contribution is 0.230. The lowest BCUT2D eigenvalue weighted by atomic mass is 10.3. The van der Waals surface area contributed by atoms with Gasteiger partial charge in [0.1, 0.15) is 5.40 Å². The molecule has 15 heavy (non-hydrogen) atoms. The molecule has 0 aromatic rings. The molecule has 0 aliphatic heterocycles. The van der Waals surface area contributed by atoms with E-state index in [4.69, 9.17) is 9.69 Å². The van der Waals surface area contributed by atoms with Gasteiger partial charge in [-0.05, 0) is 51.2 Å². The van der Waals surface area contributed by atoms with E-state index in [0.29, 0.717) is 6.10 Å². The fourth-order valence-electron chi connectivity index (χ4n) is 1.64. The summed E-state index contributed by atoms with van der Waals surface area (Å²) in [5.41, 5.74) is 0. The van der Waals surface area contributed by atoms with Crippen molar-refractivity contribution in [1.29, 1.82) is 5.26 Å². The number of thioether (sulfide) groups is 1. The summed E-state index contributed by atoms with van der Waals surface area (Å²) < 4.78 is 5.95. The molecule has 0 atom stereocenters. The van der Waals surface area contributed by atoms with E-state index in [0.717, 1.165) is 12.2 Å². The Morgan fingerprint density at radius 2 is 1.93 bits per heavy atom. The summed E-state index contributed by atoms with van der Waals surface area (Å²) in [6, 6.07) is 1.24. The molecular weight excluding hydrogens is 222 g/mol. The number of hydrogen-bond acceptors (Lipinski definition) is 3. The first-order chi connectivity index (χ1) is 6.98. The fraction of sp³-hybridized carbons (Fsp3) is 0.909. The van der Waals surface area contributed by atoms with Crippen molar-refractivity contribution in [2.24, 2.45) is 0 Å². The molecule has 0 N–H and O–H groups in total. The van der Waals surface area contributed by atoms with E-state index in [1.807, 2.05) is 0 Å². The molecule has 4 heteroatoms. The van der Waals surface area contributed by atoms with Gasteiger partial charge in [-0.25, -0.2) is 0 Å². The highest BCUT2D eigenvalue weighted by Gasteiger charge is 2.22. The van der Waals surface area contributed by atoms with Gasteiger partial charge in [0.2, 0.25) is 0 Å². The Kier molecular flexibility index (Phi) is 8.21. The van der Waals surface area contributed by atoms with E-state index in [-0.39, 0.29) is 0 Å². The van der Waals surface area contributed by atoms with Crippen molar-refractivity contribution < 1.29 is 4.43 Å². The van der Waals surface area contributed by atoms with Crippen LogP contribution in [0.2, 0.25) is 19.1 Å².